The SMILES string of the molecule is CCc1nc(NCCc2ccc(Cl)c(Cl)c2)c2cc(C)sc2n1. The number of fused-ring (bicyclic) bond motifs is 1. The number of hydrogen-bond donors (Lipinski definition) is 1. The first-order chi connectivity index (χ1) is 11.1. The van der Waals surface area contributed by atoms with Gasteiger partial charge in [0.15, 0.2) is 0 Å². The molecule has 1 aromatic carbocycles. The van der Waals surface area contributed by atoms with Crippen molar-refractivity contribution >= 4 is 50.6 Å². The van der Waals surface area contributed by atoms with Gasteiger partial charge < -0.3 is 5.32 Å². The molecule has 0 aliphatic rings. The van der Waals surface area contributed by atoms with Crippen LogP contribution in [0.4, 0.5) is 5.82 Å². The van der Waals surface area contributed by atoms with Crippen LogP contribution in [-0.2, 0) is 12.8 Å². The molecule has 2 aromatic heterocycles. The van der Waals surface area contributed by atoms with Crippen LogP contribution in [0.2, 0.25) is 10.0 Å². The van der Waals surface area contributed by atoms with Gasteiger partial charge >= 0.3 is 0 Å². The average molecular weight is 366 g/mol. The predicted molar refractivity (Wildman–Crippen MR) is 100 cm³/mol. The lowest BCUT2D eigenvalue weighted by Gasteiger charge is -2.09. The largest absolute Gasteiger partial charge is 0.369 e. The summed E-state index contributed by atoms with van der Waals surface area (Å²) in [4.78, 5) is 11.5. The molecular formula is C17H17Cl2N3S. The van der Waals surface area contributed by atoms with Crippen molar-refractivity contribution in [3.05, 3.63) is 50.6 Å². The van der Waals surface area contributed by atoms with Gasteiger partial charge in [-0.15, -0.1) is 11.3 Å². The standard InChI is InChI=1S/C17H17Cl2N3S/c1-3-15-21-16(12-8-10(2)23-17(12)22-15)20-7-6-11-4-5-13(18)14(19)9-11/h4-5,8-9H,3,6-7H2,1-2H3,(H,20,21,22). The van der Waals surface area contributed by atoms with Crippen LogP contribution in [0.5, 0.6) is 0 Å². The Labute approximate surface area is 149 Å². The lowest BCUT2D eigenvalue weighted by Crippen LogP contribution is -2.08. The number of thiophene rings is 1. The molecule has 0 bridgehead atoms. The molecule has 23 heavy (non-hydrogen) atoms. The highest BCUT2D eigenvalue weighted by Crippen LogP contribution is 2.28. The molecule has 0 aliphatic carbocycles. The summed E-state index contributed by atoms with van der Waals surface area (Å²) in [6, 6.07) is 7.88. The van der Waals surface area contributed by atoms with Crippen molar-refractivity contribution in [1.82, 2.24) is 9.97 Å². The zero-order valence-electron chi connectivity index (χ0n) is 13.0. The molecular weight excluding hydrogens is 349 g/mol. The van der Waals surface area contributed by atoms with Crippen molar-refractivity contribution in [2.24, 2.45) is 0 Å². The number of benzene rings is 1. The molecule has 6 heteroatoms. The van der Waals surface area contributed by atoms with Crippen molar-refractivity contribution in [3.63, 3.8) is 0 Å². The maximum Gasteiger partial charge on any atom is 0.138 e. The molecule has 3 rings (SSSR count). The topological polar surface area (TPSA) is 37.8 Å². The first-order valence-corrected chi connectivity index (χ1v) is 9.09. The molecule has 0 spiro atoms. The van der Waals surface area contributed by atoms with Gasteiger partial charge in [0, 0.05) is 17.8 Å². The molecule has 120 valence electrons. The van der Waals surface area contributed by atoms with Crippen molar-refractivity contribution in [1.29, 1.82) is 0 Å². The molecule has 1 N–H and O–H groups in total. The second-order valence-corrected chi connectivity index (χ2v) is 7.39. The molecule has 2 heterocycles. The number of aryl methyl sites for hydroxylation is 2. The van der Waals surface area contributed by atoms with E-state index in [-0.39, 0.29) is 0 Å². The molecule has 0 aliphatic heterocycles. The lowest BCUT2D eigenvalue weighted by molar-refractivity contribution is 0.947. The Morgan fingerprint density at radius 3 is 2.70 bits per heavy atom. The number of aromatic nitrogens is 2. The van der Waals surface area contributed by atoms with Gasteiger partial charge in [0.1, 0.15) is 16.5 Å². The minimum atomic E-state index is 0.585. The summed E-state index contributed by atoms with van der Waals surface area (Å²) in [5.41, 5.74) is 1.15. The van der Waals surface area contributed by atoms with Gasteiger partial charge in [-0.2, -0.15) is 0 Å². The predicted octanol–water partition coefficient (Wildman–Crippen LogP) is 5.52. The van der Waals surface area contributed by atoms with Gasteiger partial charge in [0.2, 0.25) is 0 Å². The quantitative estimate of drug-likeness (QED) is 0.646. The number of nitrogens with zero attached hydrogens (tertiary/aromatic N) is 2. The van der Waals surface area contributed by atoms with Crippen LogP contribution in [0.3, 0.4) is 0 Å². The summed E-state index contributed by atoms with van der Waals surface area (Å²) < 4.78 is 0. The van der Waals surface area contributed by atoms with Crippen molar-refractivity contribution in [2.75, 3.05) is 11.9 Å². The Hall–Kier alpha value is -1.36. The van der Waals surface area contributed by atoms with E-state index in [9.17, 15) is 0 Å². The molecule has 0 atom stereocenters. The number of hydrogen-bond acceptors (Lipinski definition) is 4. The number of rotatable bonds is 5. The first kappa shape index (κ1) is 16.5. The zero-order chi connectivity index (χ0) is 16.4. The van der Waals surface area contributed by atoms with Crippen LogP contribution < -0.4 is 5.32 Å². The van der Waals surface area contributed by atoms with Crippen LogP contribution >= 0.6 is 34.5 Å². The highest BCUT2D eigenvalue weighted by molar-refractivity contribution is 7.18. The Morgan fingerprint density at radius 2 is 1.96 bits per heavy atom. The van der Waals surface area contributed by atoms with Crippen molar-refractivity contribution in [2.45, 2.75) is 26.7 Å². The second kappa shape index (κ2) is 7.04. The summed E-state index contributed by atoms with van der Waals surface area (Å²) in [7, 11) is 0. The third-order valence-corrected chi connectivity index (χ3v) is 5.25. The van der Waals surface area contributed by atoms with E-state index in [1.165, 1.54) is 4.88 Å². The van der Waals surface area contributed by atoms with Gasteiger partial charge in [-0.1, -0.05) is 36.2 Å². The van der Waals surface area contributed by atoms with Crippen LogP contribution in [-0.4, -0.2) is 16.5 Å². The van der Waals surface area contributed by atoms with Crippen LogP contribution in [0, 0.1) is 6.92 Å². The molecule has 3 aromatic rings. The monoisotopic (exact) mass is 365 g/mol. The van der Waals surface area contributed by atoms with Crippen LogP contribution in [0.1, 0.15) is 23.2 Å². The zero-order valence-corrected chi connectivity index (χ0v) is 15.3. The summed E-state index contributed by atoms with van der Waals surface area (Å²) >= 11 is 13.7. The normalized spacial score (nSPS) is 11.1. The van der Waals surface area contributed by atoms with E-state index in [2.05, 4.69) is 35.2 Å². The molecule has 0 unspecified atom stereocenters. The van der Waals surface area contributed by atoms with Crippen LogP contribution in [0.15, 0.2) is 24.3 Å². The lowest BCUT2D eigenvalue weighted by atomic mass is 10.1. The van der Waals surface area contributed by atoms with Gasteiger partial charge in [0.25, 0.3) is 0 Å². The van der Waals surface area contributed by atoms with E-state index in [0.717, 1.165) is 46.8 Å². The fraction of sp³-hybridized carbons (Fsp3) is 0.294. The first-order valence-electron chi connectivity index (χ1n) is 7.51. The van der Waals surface area contributed by atoms with Crippen molar-refractivity contribution < 1.29 is 0 Å². The highest BCUT2D eigenvalue weighted by atomic mass is 35.5. The van der Waals surface area contributed by atoms with E-state index in [0.29, 0.717) is 10.0 Å². The third kappa shape index (κ3) is 3.77. The maximum absolute atomic E-state index is 6.06. The van der Waals surface area contributed by atoms with E-state index in [4.69, 9.17) is 23.2 Å². The number of halogens is 2. The molecule has 3 nitrogen and oxygen atoms in total. The molecule has 0 fully saturated rings. The molecule has 0 amide bonds. The van der Waals surface area contributed by atoms with E-state index in [1.54, 1.807) is 11.3 Å². The van der Waals surface area contributed by atoms with Crippen LogP contribution in [0.25, 0.3) is 10.2 Å². The Kier molecular flexibility index (Phi) is 5.05. The van der Waals surface area contributed by atoms with Crippen molar-refractivity contribution in [3.8, 4) is 0 Å². The Morgan fingerprint density at radius 1 is 1.13 bits per heavy atom. The van der Waals surface area contributed by atoms with Gasteiger partial charge in [0.05, 0.1) is 15.4 Å². The minimum absolute atomic E-state index is 0.585. The van der Waals surface area contributed by atoms with Gasteiger partial charge in [-0.25, -0.2) is 9.97 Å². The fourth-order valence-electron chi connectivity index (χ4n) is 2.40. The third-order valence-electron chi connectivity index (χ3n) is 3.57. The van der Waals surface area contributed by atoms with E-state index >= 15 is 0 Å². The summed E-state index contributed by atoms with van der Waals surface area (Å²) in [5, 5.41) is 5.71. The fourth-order valence-corrected chi connectivity index (χ4v) is 3.62. The van der Waals surface area contributed by atoms with Gasteiger partial charge in [-0.3, -0.25) is 0 Å². The number of anilines is 1. The van der Waals surface area contributed by atoms with E-state index in [1.807, 2.05) is 18.2 Å². The molecule has 0 saturated heterocycles. The summed E-state index contributed by atoms with van der Waals surface area (Å²) in [6.45, 7) is 4.95. The maximum atomic E-state index is 6.06. The molecule has 0 saturated carbocycles. The summed E-state index contributed by atoms with van der Waals surface area (Å²) in [6.07, 6.45) is 1.68. The molecule has 0 radical (unpaired) electrons. The minimum Gasteiger partial charge on any atom is -0.369 e. The Bertz CT molecular complexity index is 845. The average Bonchev–Trinajstić information content (AvgIpc) is 2.91. The smallest absolute Gasteiger partial charge is 0.138 e. The number of nitrogens with one attached hydrogen (secondary N) is 1. The summed E-state index contributed by atoms with van der Waals surface area (Å²) in [5.74, 6) is 1.78. The highest BCUT2D eigenvalue weighted by Gasteiger charge is 2.09. The Balaban J connectivity index is 1.77. The van der Waals surface area contributed by atoms with Gasteiger partial charge in [-0.05, 0) is 37.1 Å². The second-order valence-electron chi connectivity index (χ2n) is 5.34. The van der Waals surface area contributed by atoms with E-state index < -0.39 is 0 Å².